The van der Waals surface area contributed by atoms with Crippen molar-refractivity contribution in [3.8, 4) is 12.3 Å². The molecule has 34 heavy (non-hydrogen) atoms. The maximum Gasteiger partial charge on any atom is 0.335 e. The molecule has 2 N–H and O–H groups in total. The van der Waals surface area contributed by atoms with Crippen molar-refractivity contribution in [2.24, 2.45) is 11.3 Å². The van der Waals surface area contributed by atoms with Crippen LogP contribution in [0.2, 0.25) is 0 Å². The predicted octanol–water partition coefficient (Wildman–Crippen LogP) is 5.90. The second-order valence-corrected chi connectivity index (χ2v) is 10.9. The minimum atomic E-state index is -0.876. The minimum absolute atomic E-state index is 0.147. The van der Waals surface area contributed by atoms with Crippen LogP contribution < -0.4 is 0 Å². The first kappa shape index (κ1) is 21.5. The Bertz CT molecular complexity index is 1290. The number of carbonyl (C=O) groups is 1. The summed E-state index contributed by atoms with van der Waals surface area (Å²) in [7, 11) is 0. The number of nitrogens with one attached hydrogen (secondary N) is 1. The topological polar surface area (TPSA) is 56.3 Å². The summed E-state index contributed by atoms with van der Waals surface area (Å²) in [5.74, 6) is 3.29. The molecule has 6 rings (SSSR count). The highest BCUT2D eigenvalue weighted by Crippen LogP contribution is 2.62. The summed E-state index contributed by atoms with van der Waals surface area (Å²) in [6.07, 6.45) is 14.8. The van der Waals surface area contributed by atoms with Gasteiger partial charge in [-0.05, 0) is 97.4 Å². The van der Waals surface area contributed by atoms with Crippen LogP contribution in [0.5, 0.6) is 0 Å². The molecule has 4 nitrogen and oxygen atoms in total. The highest BCUT2D eigenvalue weighted by Gasteiger charge is 2.58. The van der Waals surface area contributed by atoms with Crippen LogP contribution in [0.25, 0.3) is 10.9 Å². The number of H-pyrrole nitrogens is 1. The van der Waals surface area contributed by atoms with Gasteiger partial charge in [0.25, 0.3) is 0 Å². The first-order valence-corrected chi connectivity index (χ1v) is 12.6. The Balaban J connectivity index is 1.34. The lowest BCUT2D eigenvalue weighted by molar-refractivity contribution is -0.0932. The van der Waals surface area contributed by atoms with Gasteiger partial charge < -0.3 is 10.1 Å². The van der Waals surface area contributed by atoms with E-state index in [0.717, 1.165) is 38.3 Å². The first-order chi connectivity index (χ1) is 16.5. The Morgan fingerprint density at radius 2 is 2.06 bits per heavy atom. The molecule has 0 spiro atoms. The van der Waals surface area contributed by atoms with E-state index in [1.807, 2.05) is 12.1 Å². The van der Waals surface area contributed by atoms with Crippen molar-refractivity contribution in [1.29, 1.82) is 0 Å². The van der Waals surface area contributed by atoms with Gasteiger partial charge in [-0.25, -0.2) is 4.79 Å². The van der Waals surface area contributed by atoms with Crippen molar-refractivity contribution >= 4 is 16.9 Å². The molecular formula is C30H32N2O2. The maximum absolute atomic E-state index is 11.4. The lowest BCUT2D eigenvalue weighted by Gasteiger charge is -2.63. The largest absolute Gasteiger partial charge is 0.478 e. The zero-order valence-corrected chi connectivity index (χ0v) is 19.8. The molecule has 1 aliphatic heterocycles. The second kappa shape index (κ2) is 8.03. The number of hydrogen-bond acceptors (Lipinski definition) is 2. The van der Waals surface area contributed by atoms with Crippen LogP contribution in [0.15, 0.2) is 42.6 Å². The zero-order valence-electron chi connectivity index (χ0n) is 19.8. The van der Waals surface area contributed by atoms with Crippen molar-refractivity contribution < 1.29 is 9.90 Å². The van der Waals surface area contributed by atoms with Crippen LogP contribution >= 0.6 is 0 Å². The van der Waals surface area contributed by atoms with Crippen molar-refractivity contribution in [3.05, 3.63) is 70.4 Å². The summed E-state index contributed by atoms with van der Waals surface area (Å²) in [6, 6.07) is 12.6. The van der Waals surface area contributed by atoms with Crippen molar-refractivity contribution in [3.63, 3.8) is 0 Å². The normalized spacial score (nSPS) is 26.2. The molecule has 3 aliphatic rings. The Kier molecular flexibility index (Phi) is 5.08. The number of hydrogen-bond donors (Lipinski definition) is 2. The Morgan fingerprint density at radius 3 is 2.74 bits per heavy atom. The maximum atomic E-state index is 11.4. The average Bonchev–Trinajstić information content (AvgIpc) is 3.48. The van der Waals surface area contributed by atoms with E-state index in [4.69, 9.17) is 6.42 Å². The summed E-state index contributed by atoms with van der Waals surface area (Å²) in [4.78, 5) is 17.5. The number of benzene rings is 2. The van der Waals surface area contributed by atoms with Crippen molar-refractivity contribution in [1.82, 2.24) is 9.88 Å². The average molecular weight is 453 g/mol. The zero-order chi connectivity index (χ0) is 23.4. The summed E-state index contributed by atoms with van der Waals surface area (Å²) >= 11 is 0. The fourth-order valence-electron chi connectivity index (χ4n) is 6.86. The molecular weight excluding hydrogens is 420 g/mol. The molecule has 0 amide bonds. The summed E-state index contributed by atoms with van der Waals surface area (Å²) in [5, 5.41) is 10.7. The number of aromatic carboxylic acids is 1. The van der Waals surface area contributed by atoms with Gasteiger partial charge in [-0.3, -0.25) is 4.90 Å². The number of rotatable bonds is 7. The number of nitrogens with zero attached hydrogens (tertiary/aromatic N) is 1. The van der Waals surface area contributed by atoms with Crippen LogP contribution in [0.3, 0.4) is 0 Å². The van der Waals surface area contributed by atoms with E-state index in [1.54, 1.807) is 12.1 Å². The molecule has 1 saturated heterocycles. The minimum Gasteiger partial charge on any atom is -0.478 e. The highest BCUT2D eigenvalue weighted by molar-refractivity contribution is 5.88. The summed E-state index contributed by atoms with van der Waals surface area (Å²) in [6.45, 7) is 4.26. The monoisotopic (exact) mass is 452 g/mol. The fraction of sp³-hybridized carbons (Fsp3) is 0.433. The van der Waals surface area contributed by atoms with Gasteiger partial charge in [-0.2, -0.15) is 0 Å². The van der Waals surface area contributed by atoms with E-state index in [2.05, 4.69) is 41.1 Å². The molecule has 2 bridgehead atoms. The molecule has 2 aromatic carbocycles. The molecule has 0 radical (unpaired) electrons. The molecule has 2 aliphatic carbocycles. The Morgan fingerprint density at radius 1 is 1.26 bits per heavy atom. The van der Waals surface area contributed by atoms with Crippen LogP contribution in [0, 0.1) is 30.6 Å². The fourth-order valence-corrected chi connectivity index (χ4v) is 6.86. The van der Waals surface area contributed by atoms with Crippen LogP contribution in [0.1, 0.15) is 70.6 Å². The van der Waals surface area contributed by atoms with Crippen LogP contribution in [-0.2, 0) is 13.0 Å². The summed E-state index contributed by atoms with van der Waals surface area (Å²) in [5.41, 5.74) is 7.34. The van der Waals surface area contributed by atoms with E-state index in [9.17, 15) is 9.90 Å². The van der Waals surface area contributed by atoms with Gasteiger partial charge in [-0.15, -0.1) is 12.3 Å². The van der Waals surface area contributed by atoms with Gasteiger partial charge in [-0.1, -0.05) is 18.2 Å². The van der Waals surface area contributed by atoms with Gasteiger partial charge >= 0.3 is 5.97 Å². The SMILES string of the molecule is C#CC[C@@]12CCN(Cc3c(CC4CC4)cc(C)c4[nH]ccc34)[C@@H](C1)C2c1ccc(C(=O)O)cc1. The third-order valence-electron chi connectivity index (χ3n) is 8.81. The smallest absolute Gasteiger partial charge is 0.335 e. The van der Waals surface area contributed by atoms with Crippen molar-refractivity contribution in [2.45, 2.75) is 64.0 Å². The molecule has 174 valence electrons. The molecule has 1 aromatic heterocycles. The van der Waals surface area contributed by atoms with E-state index < -0.39 is 5.97 Å². The molecule has 3 atom stereocenters. The van der Waals surface area contributed by atoms with Gasteiger partial charge in [0.1, 0.15) is 0 Å². The number of aromatic amines is 1. The third-order valence-corrected chi connectivity index (χ3v) is 8.81. The molecule has 2 saturated carbocycles. The van der Waals surface area contributed by atoms with Gasteiger partial charge in [0.05, 0.1) is 5.56 Å². The molecule has 3 aromatic rings. The van der Waals surface area contributed by atoms with E-state index >= 15 is 0 Å². The number of aromatic nitrogens is 1. The number of terminal acetylenes is 1. The van der Waals surface area contributed by atoms with E-state index in [0.29, 0.717) is 17.5 Å². The predicted molar refractivity (Wildman–Crippen MR) is 135 cm³/mol. The van der Waals surface area contributed by atoms with Gasteiger partial charge in [0.15, 0.2) is 0 Å². The number of carboxylic acid groups (broad SMARTS) is 1. The highest BCUT2D eigenvalue weighted by atomic mass is 16.4. The van der Waals surface area contributed by atoms with Crippen molar-refractivity contribution in [2.75, 3.05) is 6.54 Å². The Labute approximate surface area is 201 Å². The number of likely N-dealkylation sites (tertiary alicyclic amines) is 1. The molecule has 2 heterocycles. The number of fused-ring (bicyclic) bond motifs is 3. The van der Waals surface area contributed by atoms with Gasteiger partial charge in [0.2, 0.25) is 0 Å². The second-order valence-electron chi connectivity index (χ2n) is 10.9. The quantitative estimate of drug-likeness (QED) is 0.439. The van der Waals surface area contributed by atoms with Gasteiger partial charge in [0, 0.05) is 42.0 Å². The number of aryl methyl sites for hydroxylation is 1. The third kappa shape index (κ3) is 3.46. The lowest BCUT2D eigenvalue weighted by Crippen LogP contribution is -2.63. The molecule has 3 fully saturated rings. The van der Waals surface area contributed by atoms with Crippen LogP contribution in [0.4, 0.5) is 0 Å². The first-order valence-electron chi connectivity index (χ1n) is 12.6. The Hall–Kier alpha value is -3.03. The van der Waals surface area contributed by atoms with E-state index in [1.165, 1.54) is 52.4 Å². The molecule has 4 heteroatoms. The lowest BCUT2D eigenvalue weighted by atomic mass is 9.49. The van der Waals surface area contributed by atoms with Crippen LogP contribution in [-0.4, -0.2) is 33.5 Å². The standard InChI is InChI=1S/C30H32N2O2/c1-3-11-30-12-14-32(26(17-30)27(30)21-6-8-22(9-7-21)29(33)34)18-25-23(16-20-4-5-20)15-19(2)28-24(25)10-13-31-28/h1,6-10,13,15,20,26-27,31H,4-5,11-12,14,16-18H2,2H3,(H,33,34)/t26-,27?,30+/m0/s1. The summed E-state index contributed by atoms with van der Waals surface area (Å²) < 4.78 is 0. The molecule has 1 unspecified atom stereocenters. The number of piperidine rings is 2. The number of carboxylic acids is 1. The van der Waals surface area contributed by atoms with E-state index in [-0.39, 0.29) is 5.41 Å².